The standard InChI is InChI=1S/C21H30O4/c1-12(22)17-11-21(24,25)18-15-5-4-13-10-14(23)6-8-19(13,2)16(15)7-9-20(17,18)3/h10,15-18,24-25H,4-9,11H2,1-3H3/t15-,16+,17-,18+,19+,20-/m1/s1. The van der Waals surface area contributed by atoms with Crippen molar-refractivity contribution < 1.29 is 19.8 Å². The van der Waals surface area contributed by atoms with Crippen molar-refractivity contribution in [2.45, 2.75) is 71.5 Å². The molecule has 0 saturated heterocycles. The topological polar surface area (TPSA) is 74.6 Å². The van der Waals surface area contributed by atoms with Crippen LogP contribution in [0.3, 0.4) is 0 Å². The molecule has 4 nitrogen and oxygen atoms in total. The van der Waals surface area contributed by atoms with Gasteiger partial charge in [0.2, 0.25) is 0 Å². The summed E-state index contributed by atoms with van der Waals surface area (Å²) in [5.74, 6) is -1.34. The maximum Gasteiger partial charge on any atom is 0.166 e. The van der Waals surface area contributed by atoms with Gasteiger partial charge in [0.25, 0.3) is 0 Å². The van der Waals surface area contributed by atoms with E-state index in [4.69, 9.17) is 0 Å². The van der Waals surface area contributed by atoms with Crippen LogP contribution < -0.4 is 0 Å². The smallest absolute Gasteiger partial charge is 0.166 e. The number of ketones is 2. The Morgan fingerprint density at radius 2 is 1.88 bits per heavy atom. The Labute approximate surface area is 149 Å². The Morgan fingerprint density at radius 1 is 1.16 bits per heavy atom. The molecule has 0 radical (unpaired) electrons. The van der Waals surface area contributed by atoms with E-state index in [-0.39, 0.29) is 46.6 Å². The largest absolute Gasteiger partial charge is 0.365 e. The maximum absolute atomic E-state index is 12.2. The molecule has 0 aliphatic heterocycles. The van der Waals surface area contributed by atoms with Crippen LogP contribution in [0.2, 0.25) is 0 Å². The zero-order valence-corrected chi connectivity index (χ0v) is 15.5. The van der Waals surface area contributed by atoms with Crippen molar-refractivity contribution in [2.24, 2.45) is 34.5 Å². The number of fused-ring (bicyclic) bond motifs is 5. The number of aliphatic hydroxyl groups is 2. The van der Waals surface area contributed by atoms with Crippen LogP contribution in [0.15, 0.2) is 11.6 Å². The fraction of sp³-hybridized carbons (Fsp3) is 0.810. The van der Waals surface area contributed by atoms with Crippen LogP contribution in [0.25, 0.3) is 0 Å². The van der Waals surface area contributed by atoms with Gasteiger partial charge in [0, 0.05) is 24.7 Å². The van der Waals surface area contributed by atoms with E-state index in [1.54, 1.807) is 6.92 Å². The molecule has 25 heavy (non-hydrogen) atoms. The molecule has 2 N–H and O–H groups in total. The Morgan fingerprint density at radius 3 is 2.56 bits per heavy atom. The van der Waals surface area contributed by atoms with Gasteiger partial charge in [0.15, 0.2) is 11.6 Å². The van der Waals surface area contributed by atoms with Crippen molar-refractivity contribution in [3.05, 3.63) is 11.6 Å². The molecule has 0 heterocycles. The van der Waals surface area contributed by atoms with E-state index in [1.807, 2.05) is 6.08 Å². The zero-order chi connectivity index (χ0) is 18.2. The van der Waals surface area contributed by atoms with Gasteiger partial charge in [-0.1, -0.05) is 19.4 Å². The summed E-state index contributed by atoms with van der Waals surface area (Å²) >= 11 is 0. The molecule has 0 spiro atoms. The number of allylic oxidation sites excluding steroid dienone is 1. The highest BCUT2D eigenvalue weighted by Crippen LogP contribution is 2.68. The number of carbonyl (C=O) groups excluding carboxylic acids is 2. The monoisotopic (exact) mass is 346 g/mol. The Hall–Kier alpha value is -1.00. The van der Waals surface area contributed by atoms with E-state index >= 15 is 0 Å². The summed E-state index contributed by atoms with van der Waals surface area (Å²) in [7, 11) is 0. The average molecular weight is 346 g/mol. The third-order valence-electron chi connectivity index (χ3n) is 8.46. The number of hydrogen-bond acceptors (Lipinski definition) is 4. The third-order valence-corrected chi connectivity index (χ3v) is 8.46. The molecule has 0 amide bonds. The van der Waals surface area contributed by atoms with Gasteiger partial charge < -0.3 is 10.2 Å². The molecule has 4 aliphatic carbocycles. The van der Waals surface area contributed by atoms with Gasteiger partial charge in [0.05, 0.1) is 0 Å². The molecule has 0 aromatic carbocycles. The van der Waals surface area contributed by atoms with Crippen LogP contribution in [-0.2, 0) is 9.59 Å². The summed E-state index contributed by atoms with van der Waals surface area (Å²) in [6, 6.07) is 0. The summed E-state index contributed by atoms with van der Waals surface area (Å²) in [4.78, 5) is 24.1. The highest BCUT2D eigenvalue weighted by Gasteiger charge is 2.67. The number of rotatable bonds is 1. The van der Waals surface area contributed by atoms with Gasteiger partial charge in [-0.25, -0.2) is 0 Å². The minimum Gasteiger partial charge on any atom is -0.365 e. The molecule has 3 saturated carbocycles. The van der Waals surface area contributed by atoms with Gasteiger partial charge in [0.1, 0.15) is 5.78 Å². The van der Waals surface area contributed by atoms with Crippen molar-refractivity contribution in [2.75, 3.05) is 0 Å². The van der Waals surface area contributed by atoms with E-state index in [0.29, 0.717) is 12.3 Å². The fourth-order valence-electron chi connectivity index (χ4n) is 7.33. The SMILES string of the molecule is CC(=O)[C@H]1CC(O)(O)[C@H]2[C@@H]3CCC4=CC(=O)CC[C@]4(C)[C@H]3CC[C@]12C. The minimum absolute atomic E-state index is 0.00253. The fourth-order valence-corrected chi connectivity index (χ4v) is 7.33. The van der Waals surface area contributed by atoms with Gasteiger partial charge in [-0.05, 0) is 67.8 Å². The van der Waals surface area contributed by atoms with E-state index in [9.17, 15) is 19.8 Å². The summed E-state index contributed by atoms with van der Waals surface area (Å²) < 4.78 is 0. The molecule has 0 aromatic rings. The highest BCUT2D eigenvalue weighted by atomic mass is 16.5. The van der Waals surface area contributed by atoms with Crippen LogP contribution in [-0.4, -0.2) is 27.6 Å². The van der Waals surface area contributed by atoms with Crippen LogP contribution in [0, 0.1) is 34.5 Å². The van der Waals surface area contributed by atoms with E-state index < -0.39 is 5.79 Å². The first-order valence-corrected chi connectivity index (χ1v) is 9.79. The van der Waals surface area contributed by atoms with Crippen molar-refractivity contribution in [3.8, 4) is 0 Å². The quantitative estimate of drug-likeness (QED) is 0.716. The molecular weight excluding hydrogens is 316 g/mol. The first kappa shape index (κ1) is 17.4. The highest BCUT2D eigenvalue weighted by molar-refractivity contribution is 5.91. The molecule has 4 rings (SSSR count). The number of hydrogen-bond donors (Lipinski definition) is 2. The second-order valence-electron chi connectivity index (χ2n) is 9.63. The Kier molecular flexibility index (Phi) is 3.66. The molecule has 4 aliphatic rings. The molecular formula is C21H30O4. The molecule has 3 fully saturated rings. The second-order valence-corrected chi connectivity index (χ2v) is 9.63. The third kappa shape index (κ3) is 2.26. The minimum atomic E-state index is -1.75. The number of carbonyl (C=O) groups is 2. The molecule has 6 atom stereocenters. The van der Waals surface area contributed by atoms with E-state index in [2.05, 4.69) is 13.8 Å². The Bertz CT molecular complexity index is 663. The summed E-state index contributed by atoms with van der Waals surface area (Å²) in [6.45, 7) is 5.97. The second kappa shape index (κ2) is 5.26. The summed E-state index contributed by atoms with van der Waals surface area (Å²) in [5.41, 5.74) is 0.956. The predicted octanol–water partition coefficient (Wildman–Crippen LogP) is 3.01. The van der Waals surface area contributed by atoms with Crippen molar-refractivity contribution in [1.82, 2.24) is 0 Å². The first-order valence-electron chi connectivity index (χ1n) is 9.79. The normalized spacial score (nSPS) is 48.2. The Balaban J connectivity index is 1.75. The average Bonchev–Trinajstić information content (AvgIpc) is 2.75. The van der Waals surface area contributed by atoms with E-state index in [0.717, 1.165) is 32.1 Å². The first-order chi connectivity index (χ1) is 11.6. The van der Waals surface area contributed by atoms with Gasteiger partial charge in [-0.15, -0.1) is 0 Å². The number of Topliss-reactive ketones (excluding diaryl/α,β-unsaturated/α-hetero) is 1. The van der Waals surface area contributed by atoms with Gasteiger partial charge >= 0.3 is 0 Å². The van der Waals surface area contributed by atoms with Crippen LogP contribution >= 0.6 is 0 Å². The zero-order valence-electron chi connectivity index (χ0n) is 15.5. The molecule has 0 bridgehead atoms. The molecule has 0 unspecified atom stereocenters. The van der Waals surface area contributed by atoms with Crippen molar-refractivity contribution >= 4 is 11.6 Å². The van der Waals surface area contributed by atoms with Crippen LogP contribution in [0.5, 0.6) is 0 Å². The van der Waals surface area contributed by atoms with Crippen molar-refractivity contribution in [1.29, 1.82) is 0 Å². The van der Waals surface area contributed by atoms with E-state index in [1.165, 1.54) is 5.57 Å². The lowest BCUT2D eigenvalue weighted by Gasteiger charge is -2.58. The predicted molar refractivity (Wildman–Crippen MR) is 93.4 cm³/mol. The van der Waals surface area contributed by atoms with Gasteiger partial charge in [-0.2, -0.15) is 0 Å². The maximum atomic E-state index is 12.2. The summed E-state index contributed by atoms with van der Waals surface area (Å²) in [6.07, 6.45) is 7.16. The molecule has 0 aromatic heterocycles. The van der Waals surface area contributed by atoms with Crippen LogP contribution in [0.4, 0.5) is 0 Å². The molecule has 138 valence electrons. The summed E-state index contributed by atoms with van der Waals surface area (Å²) in [5, 5.41) is 21.7. The molecule has 4 heteroatoms. The lowest BCUT2D eigenvalue weighted by Crippen LogP contribution is -2.55. The van der Waals surface area contributed by atoms with Crippen molar-refractivity contribution in [3.63, 3.8) is 0 Å². The van der Waals surface area contributed by atoms with Gasteiger partial charge in [-0.3, -0.25) is 9.59 Å². The van der Waals surface area contributed by atoms with Crippen LogP contribution in [0.1, 0.15) is 65.7 Å². The lowest BCUT2D eigenvalue weighted by atomic mass is 9.46. The lowest BCUT2D eigenvalue weighted by molar-refractivity contribution is -0.231.